The van der Waals surface area contributed by atoms with Crippen molar-refractivity contribution in [1.29, 1.82) is 0 Å². The molecule has 0 heterocycles. The number of ketones is 1. The zero-order valence-corrected chi connectivity index (χ0v) is 21.5. The Hall–Kier alpha value is -3.95. The van der Waals surface area contributed by atoms with Crippen molar-refractivity contribution in [2.24, 2.45) is 0 Å². The van der Waals surface area contributed by atoms with Crippen LogP contribution in [0.3, 0.4) is 0 Å². The van der Waals surface area contributed by atoms with Crippen molar-refractivity contribution in [3.05, 3.63) is 84.0 Å². The second-order valence-corrected chi connectivity index (χ2v) is 7.93. The maximum atomic E-state index is 13.4. The Morgan fingerprint density at radius 3 is 1.46 bits per heavy atom. The second-order valence-electron chi connectivity index (χ2n) is 7.93. The summed E-state index contributed by atoms with van der Waals surface area (Å²) < 4.78 is 32.2. The molecule has 0 aromatic heterocycles. The van der Waals surface area contributed by atoms with E-state index < -0.39 is 23.5 Å². The number of carbonyl (C=O) groups is 3. The van der Waals surface area contributed by atoms with Gasteiger partial charge in [0.15, 0.2) is 0 Å². The van der Waals surface area contributed by atoms with E-state index in [1.54, 1.807) is 62.4 Å². The molecule has 0 fully saturated rings. The molecule has 2 rings (SSSR count). The maximum Gasteiger partial charge on any atom is 0.333 e. The van der Waals surface area contributed by atoms with Gasteiger partial charge in [-0.3, -0.25) is 4.79 Å². The number of rotatable bonds is 15. The van der Waals surface area contributed by atoms with Crippen molar-refractivity contribution in [3.8, 4) is 11.5 Å². The molecule has 9 nitrogen and oxygen atoms in total. The van der Waals surface area contributed by atoms with Crippen LogP contribution in [0, 0.1) is 0 Å². The highest BCUT2D eigenvalue weighted by molar-refractivity contribution is 6.02. The molecule has 0 atom stereocenters. The van der Waals surface area contributed by atoms with Gasteiger partial charge in [0.1, 0.15) is 37.9 Å². The second kappa shape index (κ2) is 14.0. The molecule has 0 spiro atoms. The summed E-state index contributed by atoms with van der Waals surface area (Å²) in [5, 5.41) is 0. The fourth-order valence-electron chi connectivity index (χ4n) is 3.13. The standard InChI is InChI=1S/C28H32O9/c1-19(2)26(30)36-17-15-34-23-11-7-21(8-12-23)25(29)28(32-5,33-6)22-9-13-24(14-10-22)35-16-18-37-27(31)20(3)4/h7-14H,1,3,15-18H2,2,4-6H3. The molecular formula is C28H32O9. The minimum atomic E-state index is -1.69. The van der Waals surface area contributed by atoms with Crippen LogP contribution in [0.2, 0.25) is 0 Å². The number of benzene rings is 2. The van der Waals surface area contributed by atoms with Crippen molar-refractivity contribution >= 4 is 17.7 Å². The summed E-state index contributed by atoms with van der Waals surface area (Å²) in [7, 11) is 2.76. The Labute approximate surface area is 216 Å². The molecule has 0 aliphatic heterocycles. The molecule has 0 saturated carbocycles. The number of ether oxygens (including phenoxy) is 6. The quantitative estimate of drug-likeness (QED) is 0.115. The van der Waals surface area contributed by atoms with Crippen LogP contribution >= 0.6 is 0 Å². The highest BCUT2D eigenvalue weighted by atomic mass is 16.7. The van der Waals surface area contributed by atoms with E-state index in [1.165, 1.54) is 14.2 Å². The smallest absolute Gasteiger partial charge is 0.333 e. The molecule has 2 aromatic rings. The molecule has 9 heteroatoms. The first kappa shape index (κ1) is 29.3. The van der Waals surface area contributed by atoms with Gasteiger partial charge in [-0.15, -0.1) is 0 Å². The zero-order chi connectivity index (χ0) is 27.4. The molecule has 0 N–H and O–H groups in total. The molecule has 0 unspecified atom stereocenters. The minimum absolute atomic E-state index is 0.0716. The number of hydrogen-bond acceptors (Lipinski definition) is 9. The Kier molecular flexibility index (Phi) is 11.0. The normalized spacial score (nSPS) is 10.8. The van der Waals surface area contributed by atoms with E-state index in [9.17, 15) is 14.4 Å². The maximum absolute atomic E-state index is 13.4. The van der Waals surface area contributed by atoms with Gasteiger partial charge in [-0.2, -0.15) is 0 Å². The lowest BCUT2D eigenvalue weighted by Gasteiger charge is -2.30. The van der Waals surface area contributed by atoms with Crippen LogP contribution in [-0.2, 0) is 34.3 Å². The van der Waals surface area contributed by atoms with E-state index in [2.05, 4.69) is 13.2 Å². The monoisotopic (exact) mass is 512 g/mol. The first-order valence-corrected chi connectivity index (χ1v) is 11.4. The van der Waals surface area contributed by atoms with Crippen LogP contribution < -0.4 is 9.47 Å². The van der Waals surface area contributed by atoms with E-state index in [4.69, 9.17) is 28.4 Å². The first-order chi connectivity index (χ1) is 17.6. The predicted octanol–water partition coefficient (Wildman–Crippen LogP) is 4.01. The van der Waals surface area contributed by atoms with Crippen LogP contribution in [-0.4, -0.2) is 58.4 Å². The van der Waals surface area contributed by atoms with Crippen LogP contribution in [0.4, 0.5) is 0 Å². The third-order valence-electron chi connectivity index (χ3n) is 5.09. The van der Waals surface area contributed by atoms with Gasteiger partial charge in [0, 0.05) is 36.5 Å². The molecule has 198 valence electrons. The number of esters is 2. The summed E-state index contributed by atoms with van der Waals surface area (Å²) in [6.45, 7) is 10.6. The molecule has 0 bridgehead atoms. The summed E-state index contributed by atoms with van der Waals surface area (Å²) in [6.07, 6.45) is 0. The summed E-state index contributed by atoms with van der Waals surface area (Å²) >= 11 is 0. The van der Waals surface area contributed by atoms with Crippen LogP contribution in [0.5, 0.6) is 11.5 Å². The Morgan fingerprint density at radius 2 is 1.08 bits per heavy atom. The average Bonchev–Trinajstić information content (AvgIpc) is 2.90. The SMILES string of the molecule is C=C(C)C(=O)OCCOc1ccc(C(=O)C(OC)(OC)c2ccc(OCCOC(=O)C(=C)C)cc2)cc1. The molecule has 37 heavy (non-hydrogen) atoms. The minimum Gasteiger partial charge on any atom is -0.490 e. The average molecular weight is 513 g/mol. The summed E-state index contributed by atoms with van der Waals surface area (Å²) in [5.74, 6) is -2.05. The molecule has 0 radical (unpaired) electrons. The van der Waals surface area contributed by atoms with Gasteiger partial charge in [-0.1, -0.05) is 13.2 Å². The molecule has 0 saturated heterocycles. The molecule has 2 aromatic carbocycles. The lowest BCUT2D eigenvalue weighted by Crippen LogP contribution is -2.40. The van der Waals surface area contributed by atoms with Gasteiger partial charge in [0.25, 0.3) is 5.79 Å². The summed E-state index contributed by atoms with van der Waals surface area (Å²) in [5.41, 5.74) is 1.42. The van der Waals surface area contributed by atoms with E-state index >= 15 is 0 Å². The van der Waals surface area contributed by atoms with Crippen LogP contribution in [0.1, 0.15) is 29.8 Å². The number of carbonyl (C=O) groups excluding carboxylic acids is 3. The summed E-state index contributed by atoms with van der Waals surface area (Å²) in [4.78, 5) is 36.2. The molecule has 0 aliphatic rings. The van der Waals surface area contributed by atoms with E-state index in [-0.39, 0.29) is 26.4 Å². The topological polar surface area (TPSA) is 107 Å². The van der Waals surface area contributed by atoms with E-state index in [0.29, 0.717) is 33.8 Å². The number of hydrogen-bond donors (Lipinski definition) is 0. The van der Waals surface area contributed by atoms with Gasteiger partial charge >= 0.3 is 11.9 Å². The highest BCUT2D eigenvalue weighted by Gasteiger charge is 2.41. The lowest BCUT2D eigenvalue weighted by molar-refractivity contribution is -0.176. The van der Waals surface area contributed by atoms with Crippen LogP contribution in [0.15, 0.2) is 72.8 Å². The van der Waals surface area contributed by atoms with E-state index in [1.807, 2.05) is 0 Å². The Morgan fingerprint density at radius 1 is 0.676 bits per heavy atom. The third-order valence-corrected chi connectivity index (χ3v) is 5.09. The Balaban J connectivity index is 2.02. The van der Waals surface area contributed by atoms with Crippen molar-refractivity contribution in [2.45, 2.75) is 19.6 Å². The molecular weight excluding hydrogens is 480 g/mol. The van der Waals surface area contributed by atoms with E-state index in [0.717, 1.165) is 0 Å². The fourth-order valence-corrected chi connectivity index (χ4v) is 3.13. The lowest BCUT2D eigenvalue weighted by atomic mass is 9.95. The van der Waals surface area contributed by atoms with Crippen molar-refractivity contribution in [2.75, 3.05) is 40.6 Å². The number of methoxy groups -OCH3 is 2. The van der Waals surface area contributed by atoms with Gasteiger partial charge < -0.3 is 28.4 Å². The van der Waals surface area contributed by atoms with Crippen molar-refractivity contribution < 1.29 is 42.8 Å². The summed E-state index contributed by atoms with van der Waals surface area (Å²) in [6, 6.07) is 13.1. The number of Topliss-reactive ketones (excluding diaryl/α,β-unsaturated/α-hetero) is 1. The first-order valence-electron chi connectivity index (χ1n) is 11.4. The highest BCUT2D eigenvalue weighted by Crippen LogP contribution is 2.32. The predicted molar refractivity (Wildman–Crippen MR) is 135 cm³/mol. The largest absolute Gasteiger partial charge is 0.490 e. The van der Waals surface area contributed by atoms with Crippen molar-refractivity contribution in [3.63, 3.8) is 0 Å². The molecule has 0 aliphatic carbocycles. The zero-order valence-electron chi connectivity index (χ0n) is 21.5. The molecule has 0 amide bonds. The van der Waals surface area contributed by atoms with Crippen molar-refractivity contribution in [1.82, 2.24) is 0 Å². The third kappa shape index (κ3) is 8.03. The van der Waals surface area contributed by atoms with Gasteiger partial charge in [-0.25, -0.2) is 9.59 Å². The van der Waals surface area contributed by atoms with Gasteiger partial charge in [0.2, 0.25) is 5.78 Å². The van der Waals surface area contributed by atoms with Gasteiger partial charge in [0.05, 0.1) is 0 Å². The fraction of sp³-hybridized carbons (Fsp3) is 0.321. The van der Waals surface area contributed by atoms with Gasteiger partial charge in [-0.05, 0) is 62.4 Å². The Bertz CT molecular complexity index is 1100. The van der Waals surface area contributed by atoms with Crippen LogP contribution in [0.25, 0.3) is 0 Å².